The van der Waals surface area contributed by atoms with Crippen molar-refractivity contribution in [2.45, 2.75) is 13.5 Å². The predicted molar refractivity (Wildman–Crippen MR) is 91.9 cm³/mol. The zero-order chi connectivity index (χ0) is 18.9. The standard InChI is InChI=1S/C17H15F2N3O3S/c1-11-20-21-17(25-11)12-3-4-13(16(19)9-12)10-22(26(2,23)24)15-7-5-14(18)6-8-15/h3-9H,10H2,1-2H3. The molecular weight excluding hydrogens is 364 g/mol. The highest BCUT2D eigenvalue weighted by Gasteiger charge is 2.20. The summed E-state index contributed by atoms with van der Waals surface area (Å²) in [5.41, 5.74) is 0.782. The van der Waals surface area contributed by atoms with E-state index in [2.05, 4.69) is 10.2 Å². The number of hydrogen-bond acceptors (Lipinski definition) is 5. The van der Waals surface area contributed by atoms with Gasteiger partial charge >= 0.3 is 0 Å². The van der Waals surface area contributed by atoms with Crippen molar-refractivity contribution in [3.8, 4) is 11.5 Å². The van der Waals surface area contributed by atoms with Crippen LogP contribution in [0.5, 0.6) is 0 Å². The van der Waals surface area contributed by atoms with Gasteiger partial charge in [-0.05, 0) is 36.4 Å². The summed E-state index contributed by atoms with van der Waals surface area (Å²) in [6.45, 7) is 1.38. The Bertz CT molecular complexity index is 1030. The van der Waals surface area contributed by atoms with E-state index in [-0.39, 0.29) is 23.7 Å². The molecule has 0 N–H and O–H groups in total. The smallest absolute Gasteiger partial charge is 0.247 e. The molecule has 0 amide bonds. The maximum atomic E-state index is 14.5. The van der Waals surface area contributed by atoms with Crippen molar-refractivity contribution in [3.05, 3.63) is 65.6 Å². The summed E-state index contributed by atoms with van der Waals surface area (Å²) >= 11 is 0. The zero-order valence-electron chi connectivity index (χ0n) is 14.0. The summed E-state index contributed by atoms with van der Waals surface area (Å²) < 4.78 is 58.0. The van der Waals surface area contributed by atoms with Crippen LogP contribution in [0.15, 0.2) is 46.9 Å². The Morgan fingerprint density at radius 2 is 1.77 bits per heavy atom. The van der Waals surface area contributed by atoms with Crippen molar-refractivity contribution < 1.29 is 21.6 Å². The second kappa shape index (κ2) is 6.83. The van der Waals surface area contributed by atoms with Gasteiger partial charge in [-0.1, -0.05) is 6.07 Å². The summed E-state index contributed by atoms with van der Waals surface area (Å²) in [6, 6.07) is 9.15. The minimum Gasteiger partial charge on any atom is -0.421 e. The number of sulfonamides is 1. The fourth-order valence-corrected chi connectivity index (χ4v) is 3.26. The SMILES string of the molecule is Cc1nnc(-c2ccc(CN(c3ccc(F)cc3)S(C)(=O)=O)c(F)c2)o1. The summed E-state index contributed by atoms with van der Waals surface area (Å²) in [5.74, 6) is -0.586. The topological polar surface area (TPSA) is 76.3 Å². The van der Waals surface area contributed by atoms with E-state index in [1.807, 2.05) is 0 Å². The average molecular weight is 379 g/mol. The highest BCUT2D eigenvalue weighted by atomic mass is 32.2. The van der Waals surface area contributed by atoms with Crippen molar-refractivity contribution in [1.82, 2.24) is 10.2 Å². The second-order valence-electron chi connectivity index (χ2n) is 5.68. The molecule has 0 aliphatic heterocycles. The van der Waals surface area contributed by atoms with Crippen LogP contribution in [0.3, 0.4) is 0 Å². The van der Waals surface area contributed by atoms with Gasteiger partial charge in [0.1, 0.15) is 11.6 Å². The van der Waals surface area contributed by atoms with E-state index in [1.54, 1.807) is 13.0 Å². The van der Waals surface area contributed by atoms with Gasteiger partial charge in [-0.3, -0.25) is 4.31 Å². The number of halogens is 2. The highest BCUT2D eigenvalue weighted by Crippen LogP contribution is 2.25. The molecule has 9 heteroatoms. The summed E-state index contributed by atoms with van der Waals surface area (Å²) in [7, 11) is -3.70. The Balaban J connectivity index is 1.93. The third-order valence-electron chi connectivity index (χ3n) is 3.65. The van der Waals surface area contributed by atoms with E-state index in [0.29, 0.717) is 11.5 Å². The lowest BCUT2D eigenvalue weighted by Crippen LogP contribution is -2.29. The Morgan fingerprint density at radius 3 is 2.31 bits per heavy atom. The molecule has 1 aromatic heterocycles. The van der Waals surface area contributed by atoms with Gasteiger partial charge in [0.05, 0.1) is 18.5 Å². The molecule has 3 aromatic rings. The van der Waals surface area contributed by atoms with Crippen LogP contribution in [-0.4, -0.2) is 24.9 Å². The molecule has 136 valence electrons. The molecule has 2 aromatic carbocycles. The Morgan fingerprint density at radius 1 is 1.08 bits per heavy atom. The second-order valence-corrected chi connectivity index (χ2v) is 7.59. The largest absolute Gasteiger partial charge is 0.421 e. The van der Waals surface area contributed by atoms with E-state index in [4.69, 9.17) is 4.42 Å². The average Bonchev–Trinajstić information content (AvgIpc) is 3.00. The van der Waals surface area contributed by atoms with Crippen molar-refractivity contribution in [1.29, 1.82) is 0 Å². The minimum absolute atomic E-state index is 0.153. The monoisotopic (exact) mass is 379 g/mol. The molecule has 0 saturated carbocycles. The zero-order valence-corrected chi connectivity index (χ0v) is 14.8. The fraction of sp³-hybridized carbons (Fsp3) is 0.176. The van der Waals surface area contributed by atoms with Crippen LogP contribution in [0, 0.1) is 18.6 Å². The molecule has 0 atom stereocenters. The lowest BCUT2D eigenvalue weighted by Gasteiger charge is -2.22. The molecule has 26 heavy (non-hydrogen) atoms. The lowest BCUT2D eigenvalue weighted by molar-refractivity contribution is 0.531. The maximum Gasteiger partial charge on any atom is 0.247 e. The van der Waals surface area contributed by atoms with Gasteiger partial charge in [-0.2, -0.15) is 0 Å². The van der Waals surface area contributed by atoms with E-state index < -0.39 is 21.7 Å². The fourth-order valence-electron chi connectivity index (χ4n) is 2.38. The molecule has 0 spiro atoms. The Labute approximate surface area is 149 Å². The molecule has 1 heterocycles. The number of rotatable bonds is 5. The number of hydrogen-bond donors (Lipinski definition) is 0. The number of aryl methyl sites for hydroxylation is 1. The first kappa shape index (κ1) is 18.0. The van der Waals surface area contributed by atoms with E-state index in [0.717, 1.165) is 22.7 Å². The van der Waals surface area contributed by atoms with Crippen LogP contribution in [0.1, 0.15) is 11.5 Å². The van der Waals surface area contributed by atoms with Crippen molar-refractivity contribution >= 4 is 15.7 Å². The molecule has 0 bridgehead atoms. The van der Waals surface area contributed by atoms with Gasteiger partial charge in [0, 0.05) is 18.1 Å². The Kier molecular flexibility index (Phi) is 4.73. The van der Waals surface area contributed by atoms with Gasteiger partial charge in [0.25, 0.3) is 0 Å². The first-order chi connectivity index (χ1) is 12.2. The third-order valence-corrected chi connectivity index (χ3v) is 4.80. The molecule has 0 fully saturated rings. The van der Waals surface area contributed by atoms with Crippen molar-refractivity contribution in [2.75, 3.05) is 10.6 Å². The van der Waals surface area contributed by atoms with Crippen LogP contribution in [0.25, 0.3) is 11.5 Å². The van der Waals surface area contributed by atoms with Gasteiger partial charge in [0.2, 0.25) is 21.8 Å². The first-order valence-electron chi connectivity index (χ1n) is 7.56. The number of benzene rings is 2. The van der Waals surface area contributed by atoms with E-state index in [1.165, 1.54) is 24.3 Å². The van der Waals surface area contributed by atoms with E-state index in [9.17, 15) is 17.2 Å². The third kappa shape index (κ3) is 3.88. The lowest BCUT2D eigenvalue weighted by atomic mass is 10.1. The molecule has 0 saturated heterocycles. The number of aromatic nitrogens is 2. The minimum atomic E-state index is -3.70. The summed E-state index contributed by atoms with van der Waals surface area (Å²) in [4.78, 5) is 0. The maximum absolute atomic E-state index is 14.5. The van der Waals surface area contributed by atoms with Crippen LogP contribution in [-0.2, 0) is 16.6 Å². The van der Waals surface area contributed by atoms with Crippen LogP contribution < -0.4 is 4.31 Å². The van der Waals surface area contributed by atoms with Gasteiger partial charge in [-0.15, -0.1) is 10.2 Å². The van der Waals surface area contributed by atoms with Crippen molar-refractivity contribution in [2.24, 2.45) is 0 Å². The molecular formula is C17H15F2N3O3S. The van der Waals surface area contributed by atoms with Crippen LogP contribution in [0.4, 0.5) is 14.5 Å². The van der Waals surface area contributed by atoms with Gasteiger partial charge < -0.3 is 4.42 Å². The first-order valence-corrected chi connectivity index (χ1v) is 9.41. The molecule has 0 unspecified atom stereocenters. The van der Waals surface area contributed by atoms with E-state index >= 15 is 0 Å². The van der Waals surface area contributed by atoms with Gasteiger partial charge in [-0.25, -0.2) is 17.2 Å². The molecule has 0 aliphatic carbocycles. The summed E-state index contributed by atoms with van der Waals surface area (Å²) in [5, 5.41) is 7.50. The van der Waals surface area contributed by atoms with Crippen LogP contribution in [0.2, 0.25) is 0 Å². The molecule has 0 radical (unpaired) electrons. The predicted octanol–water partition coefficient (Wildman–Crippen LogP) is 3.29. The molecule has 3 rings (SSSR count). The number of nitrogens with zero attached hydrogens (tertiary/aromatic N) is 3. The molecule has 6 nitrogen and oxygen atoms in total. The van der Waals surface area contributed by atoms with Crippen molar-refractivity contribution in [3.63, 3.8) is 0 Å². The summed E-state index contributed by atoms with van der Waals surface area (Å²) in [6.07, 6.45) is 1.00. The highest BCUT2D eigenvalue weighted by molar-refractivity contribution is 7.92. The quantitative estimate of drug-likeness (QED) is 0.680. The van der Waals surface area contributed by atoms with Gasteiger partial charge in [0.15, 0.2) is 0 Å². The number of anilines is 1. The molecule has 0 aliphatic rings. The normalized spacial score (nSPS) is 11.5. The van der Waals surface area contributed by atoms with Crippen LogP contribution >= 0.6 is 0 Å². The Hall–Kier alpha value is -2.81.